The Kier molecular flexibility index (Phi) is 7.35. The summed E-state index contributed by atoms with van der Waals surface area (Å²) >= 11 is 0. The van der Waals surface area contributed by atoms with E-state index < -0.39 is 0 Å². The summed E-state index contributed by atoms with van der Waals surface area (Å²) in [5, 5.41) is 6.62. The lowest BCUT2D eigenvalue weighted by molar-refractivity contribution is 0.0398. The number of nitrogens with zero attached hydrogens (tertiary/aromatic N) is 4. The molecule has 2 rings (SSSR count). The second kappa shape index (κ2) is 9.55. The van der Waals surface area contributed by atoms with Gasteiger partial charge in [0.25, 0.3) is 0 Å². The molecule has 1 saturated heterocycles. The van der Waals surface area contributed by atoms with Crippen molar-refractivity contribution < 1.29 is 4.74 Å². The van der Waals surface area contributed by atoms with Crippen molar-refractivity contribution in [3.8, 4) is 0 Å². The minimum atomic E-state index is 0.690. The van der Waals surface area contributed by atoms with Gasteiger partial charge >= 0.3 is 0 Å². The molecule has 0 aliphatic carbocycles. The fourth-order valence-electron chi connectivity index (χ4n) is 2.30. The molecule has 1 aromatic rings. The third-order valence-corrected chi connectivity index (χ3v) is 3.56. The minimum absolute atomic E-state index is 0.690. The van der Waals surface area contributed by atoms with E-state index in [0.29, 0.717) is 5.95 Å². The lowest BCUT2D eigenvalue weighted by atomic mass is 10.4. The van der Waals surface area contributed by atoms with Gasteiger partial charge in [-0.3, -0.25) is 4.90 Å². The number of hydrogen-bond donors (Lipinski definition) is 2. The minimum Gasteiger partial charge on any atom is -0.379 e. The van der Waals surface area contributed by atoms with E-state index in [-0.39, 0.29) is 0 Å². The maximum absolute atomic E-state index is 5.35. The first-order chi connectivity index (χ1) is 10.7. The molecule has 124 valence electrons. The zero-order chi connectivity index (χ0) is 15.6. The fraction of sp³-hybridized carbons (Fsp3) is 0.733. The lowest BCUT2D eigenvalue weighted by Gasteiger charge is -2.26. The fourth-order valence-corrected chi connectivity index (χ4v) is 2.30. The Hall–Kier alpha value is -1.44. The molecule has 22 heavy (non-hydrogen) atoms. The molecule has 1 aliphatic rings. The van der Waals surface area contributed by atoms with Crippen LogP contribution in [0.15, 0.2) is 12.3 Å². The van der Waals surface area contributed by atoms with Crippen LogP contribution in [0.1, 0.15) is 6.42 Å². The SMILES string of the molecule is CN(C)CCCNc1nccc(NCCN2CCOCC2)n1. The third kappa shape index (κ3) is 6.55. The van der Waals surface area contributed by atoms with Crippen molar-refractivity contribution >= 4 is 11.8 Å². The summed E-state index contributed by atoms with van der Waals surface area (Å²) in [7, 11) is 4.16. The van der Waals surface area contributed by atoms with Crippen LogP contribution in [0.4, 0.5) is 11.8 Å². The monoisotopic (exact) mass is 308 g/mol. The third-order valence-electron chi connectivity index (χ3n) is 3.56. The van der Waals surface area contributed by atoms with Crippen LogP contribution in [0.2, 0.25) is 0 Å². The number of anilines is 2. The molecule has 1 aliphatic heterocycles. The van der Waals surface area contributed by atoms with Gasteiger partial charge in [0, 0.05) is 38.9 Å². The molecule has 2 heterocycles. The van der Waals surface area contributed by atoms with Crippen molar-refractivity contribution in [1.82, 2.24) is 19.8 Å². The van der Waals surface area contributed by atoms with E-state index in [1.807, 2.05) is 6.07 Å². The Bertz CT molecular complexity index is 422. The summed E-state index contributed by atoms with van der Waals surface area (Å²) in [6.45, 7) is 7.56. The summed E-state index contributed by atoms with van der Waals surface area (Å²) in [6, 6.07) is 1.91. The maximum atomic E-state index is 5.35. The van der Waals surface area contributed by atoms with Crippen LogP contribution in [0.25, 0.3) is 0 Å². The van der Waals surface area contributed by atoms with Gasteiger partial charge in [0.2, 0.25) is 5.95 Å². The lowest BCUT2D eigenvalue weighted by Crippen LogP contribution is -2.39. The van der Waals surface area contributed by atoms with Crippen LogP contribution in [-0.2, 0) is 4.74 Å². The van der Waals surface area contributed by atoms with Gasteiger partial charge in [-0.25, -0.2) is 4.98 Å². The molecule has 1 fully saturated rings. The van der Waals surface area contributed by atoms with Crippen LogP contribution in [-0.4, -0.2) is 86.3 Å². The van der Waals surface area contributed by atoms with Crippen LogP contribution in [0.5, 0.6) is 0 Å². The largest absolute Gasteiger partial charge is 0.379 e. The smallest absolute Gasteiger partial charge is 0.224 e. The number of nitrogens with one attached hydrogen (secondary N) is 2. The Balaban J connectivity index is 1.66. The second-order valence-electron chi connectivity index (χ2n) is 5.73. The molecular formula is C15H28N6O. The number of rotatable bonds is 9. The molecule has 0 spiro atoms. The molecule has 0 aromatic carbocycles. The first-order valence-corrected chi connectivity index (χ1v) is 7.99. The van der Waals surface area contributed by atoms with E-state index in [0.717, 1.165) is 64.7 Å². The van der Waals surface area contributed by atoms with E-state index >= 15 is 0 Å². The molecule has 1 aromatic heterocycles. The average Bonchev–Trinajstić information content (AvgIpc) is 2.53. The zero-order valence-corrected chi connectivity index (χ0v) is 13.7. The quantitative estimate of drug-likeness (QED) is 0.647. The van der Waals surface area contributed by atoms with Gasteiger partial charge in [0.05, 0.1) is 13.2 Å². The molecule has 7 heteroatoms. The van der Waals surface area contributed by atoms with Gasteiger partial charge < -0.3 is 20.3 Å². The summed E-state index contributed by atoms with van der Waals surface area (Å²) in [5.41, 5.74) is 0. The van der Waals surface area contributed by atoms with Crippen LogP contribution >= 0.6 is 0 Å². The van der Waals surface area contributed by atoms with Crippen molar-refractivity contribution in [2.75, 3.05) is 77.2 Å². The average molecular weight is 308 g/mol. The normalized spacial score (nSPS) is 16.0. The Morgan fingerprint density at radius 3 is 2.82 bits per heavy atom. The highest BCUT2D eigenvalue weighted by atomic mass is 16.5. The number of ether oxygens (including phenoxy) is 1. The first kappa shape index (κ1) is 16.9. The van der Waals surface area contributed by atoms with Gasteiger partial charge in [-0.2, -0.15) is 4.98 Å². The molecule has 0 amide bonds. The Labute approximate surface area is 133 Å². The molecule has 0 saturated carbocycles. The first-order valence-electron chi connectivity index (χ1n) is 7.99. The van der Waals surface area contributed by atoms with Gasteiger partial charge in [0.15, 0.2) is 0 Å². The van der Waals surface area contributed by atoms with Gasteiger partial charge in [-0.05, 0) is 33.1 Å². The molecule has 0 atom stereocenters. The standard InChI is InChI=1S/C15H28N6O/c1-20(2)8-3-5-17-15-18-6-4-14(19-15)16-7-9-21-10-12-22-13-11-21/h4,6H,3,5,7-13H2,1-2H3,(H2,16,17,18,19). The molecular weight excluding hydrogens is 280 g/mol. The van der Waals surface area contributed by atoms with E-state index in [1.54, 1.807) is 6.20 Å². The summed E-state index contributed by atoms with van der Waals surface area (Å²) in [6.07, 6.45) is 2.86. The van der Waals surface area contributed by atoms with Crippen LogP contribution in [0.3, 0.4) is 0 Å². The van der Waals surface area contributed by atoms with Crippen LogP contribution in [0, 0.1) is 0 Å². The summed E-state index contributed by atoms with van der Waals surface area (Å²) in [5.74, 6) is 1.56. The molecule has 7 nitrogen and oxygen atoms in total. The van der Waals surface area contributed by atoms with Crippen molar-refractivity contribution in [3.63, 3.8) is 0 Å². The predicted octanol–water partition coefficient (Wildman–Crippen LogP) is 0.584. The molecule has 0 radical (unpaired) electrons. The van der Waals surface area contributed by atoms with E-state index in [2.05, 4.69) is 44.5 Å². The van der Waals surface area contributed by atoms with Gasteiger partial charge in [-0.1, -0.05) is 0 Å². The molecule has 0 unspecified atom stereocenters. The maximum Gasteiger partial charge on any atom is 0.224 e. The Morgan fingerprint density at radius 2 is 2.05 bits per heavy atom. The van der Waals surface area contributed by atoms with E-state index in [4.69, 9.17) is 4.74 Å². The van der Waals surface area contributed by atoms with E-state index in [1.165, 1.54) is 0 Å². The van der Waals surface area contributed by atoms with E-state index in [9.17, 15) is 0 Å². The molecule has 0 bridgehead atoms. The highest BCUT2D eigenvalue weighted by Gasteiger charge is 2.09. The number of morpholine rings is 1. The number of hydrogen-bond acceptors (Lipinski definition) is 7. The summed E-state index contributed by atoms with van der Waals surface area (Å²) in [4.78, 5) is 13.3. The predicted molar refractivity (Wildman–Crippen MR) is 89.4 cm³/mol. The highest BCUT2D eigenvalue weighted by Crippen LogP contribution is 2.05. The van der Waals surface area contributed by atoms with Crippen molar-refractivity contribution in [1.29, 1.82) is 0 Å². The highest BCUT2D eigenvalue weighted by molar-refractivity contribution is 5.39. The molecule has 2 N–H and O–H groups in total. The topological polar surface area (TPSA) is 65.5 Å². The second-order valence-corrected chi connectivity index (χ2v) is 5.73. The van der Waals surface area contributed by atoms with Gasteiger partial charge in [-0.15, -0.1) is 0 Å². The zero-order valence-electron chi connectivity index (χ0n) is 13.7. The van der Waals surface area contributed by atoms with Crippen molar-refractivity contribution in [2.24, 2.45) is 0 Å². The van der Waals surface area contributed by atoms with Crippen molar-refractivity contribution in [3.05, 3.63) is 12.3 Å². The van der Waals surface area contributed by atoms with Crippen molar-refractivity contribution in [2.45, 2.75) is 6.42 Å². The van der Waals surface area contributed by atoms with Gasteiger partial charge in [0.1, 0.15) is 5.82 Å². The number of aromatic nitrogens is 2. The Morgan fingerprint density at radius 1 is 1.23 bits per heavy atom. The van der Waals surface area contributed by atoms with Crippen LogP contribution < -0.4 is 10.6 Å². The summed E-state index contributed by atoms with van der Waals surface area (Å²) < 4.78 is 5.35.